The molecule has 0 saturated carbocycles. The highest BCUT2D eigenvalue weighted by Crippen LogP contribution is 2.22. The van der Waals surface area contributed by atoms with Crippen LogP contribution in [0.4, 0.5) is 5.69 Å². The molecular weight excluding hydrogens is 298 g/mol. The number of rotatable bonds is 5. The van der Waals surface area contributed by atoms with Crippen molar-refractivity contribution in [1.29, 1.82) is 0 Å². The molecule has 0 atom stereocenters. The van der Waals surface area contributed by atoms with Crippen molar-refractivity contribution in [2.24, 2.45) is 0 Å². The van der Waals surface area contributed by atoms with Gasteiger partial charge in [0.25, 0.3) is 5.91 Å². The van der Waals surface area contributed by atoms with Gasteiger partial charge in [-0.25, -0.2) is 4.98 Å². The van der Waals surface area contributed by atoms with Gasteiger partial charge in [-0.15, -0.1) is 0 Å². The third kappa shape index (κ3) is 2.92. The van der Waals surface area contributed by atoms with Gasteiger partial charge in [0.15, 0.2) is 0 Å². The molecule has 0 aliphatic carbocycles. The predicted molar refractivity (Wildman–Crippen MR) is 97.7 cm³/mol. The first-order valence-corrected chi connectivity index (χ1v) is 8.50. The van der Waals surface area contributed by atoms with Gasteiger partial charge >= 0.3 is 0 Å². The van der Waals surface area contributed by atoms with Crippen LogP contribution < -0.4 is 4.90 Å². The third-order valence-electron chi connectivity index (χ3n) is 4.17. The van der Waals surface area contributed by atoms with Crippen molar-refractivity contribution in [1.82, 2.24) is 9.38 Å². The molecule has 2 aromatic heterocycles. The second-order valence-electron chi connectivity index (χ2n) is 5.97. The number of carbonyl (C=O) groups is 1. The molecule has 2 heterocycles. The molecule has 0 radical (unpaired) electrons. The SMILES string of the molecule is CCCc1nc2ccccn2c1C(=O)N(CC)c1cccc(C)c1. The lowest BCUT2D eigenvalue weighted by molar-refractivity contribution is 0.0981. The van der Waals surface area contributed by atoms with Crippen LogP contribution in [0.5, 0.6) is 0 Å². The third-order valence-corrected chi connectivity index (χ3v) is 4.17. The highest BCUT2D eigenvalue weighted by Gasteiger charge is 2.24. The summed E-state index contributed by atoms with van der Waals surface area (Å²) in [6, 6.07) is 13.9. The summed E-state index contributed by atoms with van der Waals surface area (Å²) in [7, 11) is 0. The smallest absolute Gasteiger partial charge is 0.277 e. The molecule has 1 amide bonds. The van der Waals surface area contributed by atoms with Crippen molar-refractivity contribution in [3.8, 4) is 0 Å². The van der Waals surface area contributed by atoms with Gasteiger partial charge in [0.2, 0.25) is 0 Å². The number of pyridine rings is 1. The summed E-state index contributed by atoms with van der Waals surface area (Å²) >= 11 is 0. The van der Waals surface area contributed by atoms with E-state index in [-0.39, 0.29) is 5.91 Å². The topological polar surface area (TPSA) is 37.6 Å². The number of aryl methyl sites for hydroxylation is 2. The summed E-state index contributed by atoms with van der Waals surface area (Å²) in [5, 5.41) is 0. The molecule has 4 nitrogen and oxygen atoms in total. The summed E-state index contributed by atoms with van der Waals surface area (Å²) in [5.41, 5.74) is 4.45. The van der Waals surface area contributed by atoms with E-state index in [4.69, 9.17) is 0 Å². The average Bonchev–Trinajstić information content (AvgIpc) is 2.94. The van der Waals surface area contributed by atoms with E-state index in [1.165, 1.54) is 0 Å². The molecule has 0 spiro atoms. The monoisotopic (exact) mass is 321 g/mol. The van der Waals surface area contributed by atoms with Crippen molar-refractivity contribution < 1.29 is 4.79 Å². The van der Waals surface area contributed by atoms with E-state index >= 15 is 0 Å². The molecule has 0 fully saturated rings. The number of benzene rings is 1. The quantitative estimate of drug-likeness (QED) is 0.704. The van der Waals surface area contributed by atoms with E-state index in [1.54, 1.807) is 0 Å². The lowest BCUT2D eigenvalue weighted by atomic mass is 10.1. The lowest BCUT2D eigenvalue weighted by Crippen LogP contribution is -2.32. The molecule has 0 N–H and O–H groups in total. The van der Waals surface area contributed by atoms with Gasteiger partial charge in [-0.3, -0.25) is 9.20 Å². The second kappa shape index (κ2) is 6.87. The molecule has 0 bridgehead atoms. The predicted octanol–water partition coefficient (Wildman–Crippen LogP) is 4.26. The van der Waals surface area contributed by atoms with Gasteiger partial charge in [-0.1, -0.05) is 31.5 Å². The minimum Gasteiger partial charge on any atom is -0.307 e. The number of carbonyl (C=O) groups excluding carboxylic acids is 1. The molecule has 3 rings (SSSR count). The van der Waals surface area contributed by atoms with E-state index in [0.717, 1.165) is 35.4 Å². The number of amides is 1. The molecule has 3 aromatic rings. The number of hydrogen-bond acceptors (Lipinski definition) is 2. The summed E-state index contributed by atoms with van der Waals surface area (Å²) in [6.07, 6.45) is 3.67. The minimum absolute atomic E-state index is 0.00486. The molecule has 0 aliphatic heterocycles. The maximum Gasteiger partial charge on any atom is 0.277 e. The van der Waals surface area contributed by atoms with Crippen molar-refractivity contribution in [3.63, 3.8) is 0 Å². The van der Waals surface area contributed by atoms with Crippen molar-refractivity contribution in [3.05, 3.63) is 65.6 Å². The summed E-state index contributed by atoms with van der Waals surface area (Å²) in [6.45, 7) is 6.77. The second-order valence-corrected chi connectivity index (χ2v) is 5.97. The van der Waals surface area contributed by atoms with Crippen LogP contribution in [0.1, 0.15) is 42.0 Å². The molecule has 24 heavy (non-hydrogen) atoms. The molecule has 0 saturated heterocycles. The molecule has 1 aromatic carbocycles. The Morgan fingerprint density at radius 3 is 2.71 bits per heavy atom. The summed E-state index contributed by atoms with van der Waals surface area (Å²) in [5.74, 6) is 0.00486. The number of anilines is 1. The number of fused-ring (bicyclic) bond motifs is 1. The maximum atomic E-state index is 13.3. The zero-order chi connectivity index (χ0) is 17.1. The van der Waals surface area contributed by atoms with Crippen molar-refractivity contribution >= 4 is 17.2 Å². The van der Waals surface area contributed by atoms with Gasteiger partial charge in [0, 0.05) is 18.4 Å². The lowest BCUT2D eigenvalue weighted by Gasteiger charge is -2.22. The minimum atomic E-state index is 0.00486. The van der Waals surface area contributed by atoms with Gasteiger partial charge in [0.05, 0.1) is 5.69 Å². The number of nitrogens with zero attached hydrogens (tertiary/aromatic N) is 3. The Bertz CT molecular complexity index is 866. The largest absolute Gasteiger partial charge is 0.307 e. The Kier molecular flexibility index (Phi) is 4.65. The number of imidazole rings is 1. The Labute approximate surface area is 142 Å². The van der Waals surface area contributed by atoms with Gasteiger partial charge in [0.1, 0.15) is 11.3 Å². The van der Waals surface area contributed by atoms with Gasteiger partial charge < -0.3 is 4.90 Å². The zero-order valence-electron chi connectivity index (χ0n) is 14.5. The fourth-order valence-electron chi connectivity index (χ4n) is 3.05. The Morgan fingerprint density at radius 2 is 2.00 bits per heavy atom. The van der Waals surface area contributed by atoms with Crippen LogP contribution in [-0.2, 0) is 6.42 Å². The number of hydrogen-bond donors (Lipinski definition) is 0. The van der Waals surface area contributed by atoms with Crippen molar-refractivity contribution in [2.45, 2.75) is 33.6 Å². The highest BCUT2D eigenvalue weighted by molar-refractivity contribution is 6.06. The van der Waals surface area contributed by atoms with Gasteiger partial charge in [-0.2, -0.15) is 0 Å². The first kappa shape index (κ1) is 16.2. The molecule has 4 heteroatoms. The number of aromatic nitrogens is 2. The van der Waals surface area contributed by atoms with Crippen LogP contribution in [0.2, 0.25) is 0 Å². The highest BCUT2D eigenvalue weighted by atomic mass is 16.2. The summed E-state index contributed by atoms with van der Waals surface area (Å²) < 4.78 is 1.91. The van der Waals surface area contributed by atoms with E-state index in [1.807, 2.05) is 71.8 Å². The van der Waals surface area contributed by atoms with Crippen LogP contribution in [0.15, 0.2) is 48.7 Å². The van der Waals surface area contributed by atoms with Crippen molar-refractivity contribution in [2.75, 3.05) is 11.4 Å². The molecular formula is C20H23N3O. The van der Waals surface area contributed by atoms with E-state index < -0.39 is 0 Å². The zero-order valence-corrected chi connectivity index (χ0v) is 14.5. The Balaban J connectivity index is 2.11. The van der Waals surface area contributed by atoms with Crippen LogP contribution in [0.3, 0.4) is 0 Å². The van der Waals surface area contributed by atoms with E-state index in [2.05, 4.69) is 11.9 Å². The Morgan fingerprint density at radius 1 is 1.17 bits per heavy atom. The standard InChI is InChI=1S/C20H23N3O/c1-4-9-17-19(23-13-7-6-12-18(23)21-17)20(24)22(5-2)16-11-8-10-15(3)14-16/h6-8,10-14H,4-5,9H2,1-3H3. The summed E-state index contributed by atoms with van der Waals surface area (Å²) in [4.78, 5) is 19.8. The average molecular weight is 321 g/mol. The maximum absolute atomic E-state index is 13.3. The first-order valence-electron chi connectivity index (χ1n) is 8.50. The first-order chi connectivity index (χ1) is 11.7. The van der Waals surface area contributed by atoms with Crippen LogP contribution in [0, 0.1) is 6.92 Å². The van der Waals surface area contributed by atoms with E-state index in [9.17, 15) is 4.79 Å². The molecule has 0 aliphatic rings. The van der Waals surface area contributed by atoms with E-state index in [0.29, 0.717) is 12.2 Å². The van der Waals surface area contributed by atoms with Crippen LogP contribution >= 0.6 is 0 Å². The normalized spacial score (nSPS) is 11.0. The van der Waals surface area contributed by atoms with Crippen LogP contribution in [0.25, 0.3) is 5.65 Å². The Hall–Kier alpha value is -2.62. The fourth-order valence-corrected chi connectivity index (χ4v) is 3.05. The van der Waals surface area contributed by atoms with Gasteiger partial charge in [-0.05, 0) is 50.1 Å². The molecule has 0 unspecified atom stereocenters. The molecule has 124 valence electrons. The van der Waals surface area contributed by atoms with Crippen LogP contribution in [-0.4, -0.2) is 21.8 Å². The fraction of sp³-hybridized carbons (Fsp3) is 0.300.